The molecule has 14 heteroatoms. The summed E-state index contributed by atoms with van der Waals surface area (Å²) in [6.07, 6.45) is 0. The van der Waals surface area contributed by atoms with Crippen LogP contribution in [-0.2, 0) is 0 Å². The van der Waals surface area contributed by atoms with Crippen LogP contribution in [0, 0.1) is 54.3 Å². The highest BCUT2D eigenvalue weighted by atomic mass is 16.6. The number of hydrogen-bond acceptors (Lipinski definition) is 10. The lowest BCUT2D eigenvalue weighted by Crippen LogP contribution is -1.99. The van der Waals surface area contributed by atoms with Crippen molar-refractivity contribution in [1.29, 1.82) is 0 Å². The molecule has 0 unspecified atom stereocenters. The van der Waals surface area contributed by atoms with Crippen LogP contribution in [0.2, 0.25) is 0 Å². The molecule has 0 saturated heterocycles. The molecule has 174 valence electrons. The van der Waals surface area contributed by atoms with Crippen molar-refractivity contribution in [3.8, 4) is 23.0 Å². The number of nitrogens with zero attached hydrogens (tertiary/aromatic N) is 4. The lowest BCUT2D eigenvalue weighted by atomic mass is 10.1. The Bertz CT molecular complexity index is 1250. The molecule has 0 aromatic heterocycles. The maximum Gasteiger partial charge on any atom is 0.318 e. The van der Waals surface area contributed by atoms with E-state index in [1.54, 1.807) is 13.8 Å². The summed E-state index contributed by atoms with van der Waals surface area (Å²) in [6, 6.07) is 8.71. The smallest absolute Gasteiger partial charge is 0.318 e. The average Bonchev–Trinajstić information content (AvgIpc) is 2.78. The highest BCUT2D eigenvalue weighted by molar-refractivity contribution is 5.58. The molecule has 0 aliphatic heterocycles. The third kappa shape index (κ3) is 4.69. The summed E-state index contributed by atoms with van der Waals surface area (Å²) in [4.78, 5) is 41.3. The van der Waals surface area contributed by atoms with Gasteiger partial charge in [-0.2, -0.15) is 0 Å². The minimum Gasteiger partial charge on any atom is -0.450 e. The van der Waals surface area contributed by atoms with Gasteiger partial charge in [0.2, 0.25) is 11.5 Å². The van der Waals surface area contributed by atoms with Gasteiger partial charge in [-0.05, 0) is 49.2 Å². The van der Waals surface area contributed by atoms with Crippen molar-refractivity contribution in [1.82, 2.24) is 0 Å². The summed E-state index contributed by atoms with van der Waals surface area (Å²) in [5.74, 6) is -0.0874. The van der Waals surface area contributed by atoms with E-state index in [9.17, 15) is 40.5 Å². The molecule has 34 heavy (non-hydrogen) atoms. The predicted molar refractivity (Wildman–Crippen MR) is 116 cm³/mol. The normalized spacial score (nSPS) is 10.4. The molecule has 0 atom stereocenters. The van der Waals surface area contributed by atoms with Gasteiger partial charge < -0.3 is 9.47 Å². The first-order valence-corrected chi connectivity index (χ1v) is 9.31. The molecular formula is C20H14N4O10. The van der Waals surface area contributed by atoms with Gasteiger partial charge in [0, 0.05) is 12.1 Å². The van der Waals surface area contributed by atoms with E-state index in [4.69, 9.17) is 9.47 Å². The monoisotopic (exact) mass is 470 g/mol. The van der Waals surface area contributed by atoms with Gasteiger partial charge in [-0.3, -0.25) is 40.5 Å². The van der Waals surface area contributed by atoms with Crippen molar-refractivity contribution in [2.45, 2.75) is 13.8 Å². The first-order chi connectivity index (χ1) is 16.0. The Hall–Kier alpha value is -5.14. The van der Waals surface area contributed by atoms with Crippen molar-refractivity contribution in [2.75, 3.05) is 0 Å². The molecular weight excluding hydrogens is 456 g/mol. The molecule has 0 bridgehead atoms. The van der Waals surface area contributed by atoms with Gasteiger partial charge in [0.1, 0.15) is 11.5 Å². The van der Waals surface area contributed by atoms with Crippen molar-refractivity contribution < 1.29 is 29.2 Å². The number of benzene rings is 3. The van der Waals surface area contributed by atoms with Gasteiger partial charge in [-0.15, -0.1) is 0 Å². The first-order valence-electron chi connectivity index (χ1n) is 9.31. The fourth-order valence-electron chi connectivity index (χ4n) is 2.93. The molecule has 0 aliphatic rings. The van der Waals surface area contributed by atoms with Crippen LogP contribution in [0.4, 0.5) is 22.7 Å². The van der Waals surface area contributed by atoms with Crippen molar-refractivity contribution in [3.63, 3.8) is 0 Å². The fraction of sp³-hybridized carbons (Fsp3) is 0.100. The minimum atomic E-state index is -0.810. The summed E-state index contributed by atoms with van der Waals surface area (Å²) in [5.41, 5.74) is -1.22. The van der Waals surface area contributed by atoms with Crippen LogP contribution in [0.3, 0.4) is 0 Å². The topological polar surface area (TPSA) is 191 Å². The molecule has 3 aromatic carbocycles. The van der Waals surface area contributed by atoms with E-state index < -0.39 is 42.4 Å². The molecule has 0 fully saturated rings. The van der Waals surface area contributed by atoms with E-state index in [2.05, 4.69) is 0 Å². The number of ether oxygens (including phenoxy) is 2. The zero-order valence-corrected chi connectivity index (χ0v) is 17.5. The predicted octanol–water partition coefficient (Wildman–Crippen LogP) is 5.52. The molecule has 0 heterocycles. The molecule has 3 rings (SSSR count). The van der Waals surface area contributed by atoms with Crippen LogP contribution < -0.4 is 9.47 Å². The quantitative estimate of drug-likeness (QED) is 0.299. The van der Waals surface area contributed by atoms with Gasteiger partial charge in [0.15, 0.2) is 0 Å². The largest absolute Gasteiger partial charge is 0.450 e. The van der Waals surface area contributed by atoms with E-state index in [1.807, 2.05) is 0 Å². The van der Waals surface area contributed by atoms with Crippen LogP contribution in [0.15, 0.2) is 48.5 Å². The van der Waals surface area contributed by atoms with Gasteiger partial charge in [0.05, 0.1) is 31.8 Å². The molecule has 0 spiro atoms. The summed E-state index contributed by atoms with van der Waals surface area (Å²) in [7, 11) is 0. The van der Waals surface area contributed by atoms with Crippen LogP contribution in [-0.4, -0.2) is 19.7 Å². The van der Waals surface area contributed by atoms with Crippen LogP contribution in [0.5, 0.6) is 23.0 Å². The van der Waals surface area contributed by atoms with Gasteiger partial charge in [-0.1, -0.05) is 0 Å². The molecule has 0 radical (unpaired) electrons. The Morgan fingerprint density at radius 2 is 0.853 bits per heavy atom. The Balaban J connectivity index is 1.96. The highest BCUT2D eigenvalue weighted by Crippen LogP contribution is 2.40. The number of nitro benzene ring substituents is 4. The third-order valence-corrected chi connectivity index (χ3v) is 4.83. The Labute approximate surface area is 189 Å². The molecule has 0 amide bonds. The Morgan fingerprint density at radius 3 is 1.15 bits per heavy atom. The van der Waals surface area contributed by atoms with Crippen LogP contribution in [0.25, 0.3) is 0 Å². The minimum absolute atomic E-state index is 0.181. The molecule has 14 nitrogen and oxygen atoms in total. The first kappa shape index (κ1) is 23.5. The molecule has 0 saturated carbocycles. The zero-order valence-electron chi connectivity index (χ0n) is 17.5. The van der Waals surface area contributed by atoms with Gasteiger partial charge in [0.25, 0.3) is 11.4 Å². The maximum atomic E-state index is 11.3. The van der Waals surface area contributed by atoms with Gasteiger partial charge in [-0.25, -0.2) is 0 Å². The molecule has 0 aliphatic carbocycles. The zero-order chi connectivity index (χ0) is 25.2. The number of hydrogen-bond donors (Lipinski definition) is 0. The van der Waals surface area contributed by atoms with E-state index >= 15 is 0 Å². The van der Waals surface area contributed by atoms with E-state index in [-0.39, 0.29) is 23.0 Å². The Kier molecular flexibility index (Phi) is 6.33. The SMILES string of the molecule is Cc1c(Oc2ccc([N+](=O)[O-])cc2[N+](=O)[O-])ccc(Oc2ccc([N+](=O)[O-])cc2[N+](=O)[O-])c1C. The second kappa shape index (κ2) is 9.15. The summed E-state index contributed by atoms with van der Waals surface area (Å²) in [5, 5.41) is 44.5. The lowest BCUT2D eigenvalue weighted by Gasteiger charge is -2.15. The fourth-order valence-corrected chi connectivity index (χ4v) is 2.93. The average molecular weight is 470 g/mol. The van der Waals surface area contributed by atoms with Gasteiger partial charge >= 0.3 is 11.4 Å². The number of rotatable bonds is 8. The van der Waals surface area contributed by atoms with Crippen molar-refractivity contribution in [3.05, 3.63) is 100 Å². The molecule has 3 aromatic rings. The second-order valence-corrected chi connectivity index (χ2v) is 6.85. The Morgan fingerprint density at radius 1 is 0.529 bits per heavy atom. The van der Waals surface area contributed by atoms with E-state index in [0.717, 1.165) is 36.4 Å². The van der Waals surface area contributed by atoms with Crippen LogP contribution >= 0.6 is 0 Å². The second-order valence-electron chi connectivity index (χ2n) is 6.85. The van der Waals surface area contributed by atoms with Crippen molar-refractivity contribution in [2.24, 2.45) is 0 Å². The van der Waals surface area contributed by atoms with Crippen LogP contribution in [0.1, 0.15) is 11.1 Å². The van der Waals surface area contributed by atoms with E-state index in [0.29, 0.717) is 11.1 Å². The third-order valence-electron chi connectivity index (χ3n) is 4.83. The van der Waals surface area contributed by atoms with E-state index in [1.165, 1.54) is 12.1 Å². The standard InChI is InChI=1S/C20H14N4O10/c1-11-12(2)18(34-20-6-4-14(22(27)28)10-16(20)24(31)32)8-7-17(11)33-19-5-3-13(21(25)26)9-15(19)23(29)30/h3-10H,1-2H3. The number of non-ortho nitro benzene ring substituents is 2. The van der Waals surface area contributed by atoms with Crippen molar-refractivity contribution >= 4 is 22.7 Å². The highest BCUT2D eigenvalue weighted by Gasteiger charge is 2.24. The summed E-state index contributed by atoms with van der Waals surface area (Å²) >= 11 is 0. The maximum absolute atomic E-state index is 11.3. The summed E-state index contributed by atoms with van der Waals surface area (Å²) in [6.45, 7) is 3.22. The summed E-state index contributed by atoms with van der Waals surface area (Å²) < 4.78 is 11.2. The number of nitro groups is 4. The molecule has 0 N–H and O–H groups in total. The lowest BCUT2D eigenvalue weighted by molar-refractivity contribution is -0.394.